The van der Waals surface area contributed by atoms with Crippen molar-refractivity contribution < 1.29 is 9.13 Å². The minimum absolute atomic E-state index is 0.287. The lowest BCUT2D eigenvalue weighted by molar-refractivity contribution is 0.377. The molecule has 2 nitrogen and oxygen atoms in total. The number of rotatable bonds is 5. The van der Waals surface area contributed by atoms with Crippen molar-refractivity contribution in [2.24, 2.45) is 5.92 Å². The Morgan fingerprint density at radius 1 is 1.39 bits per heavy atom. The molecule has 0 spiro atoms. The fourth-order valence-electron chi connectivity index (χ4n) is 2.72. The van der Waals surface area contributed by atoms with E-state index >= 15 is 0 Å². The summed E-state index contributed by atoms with van der Waals surface area (Å²) < 4.78 is 18.4. The molecule has 1 N–H and O–H groups in total. The maximum atomic E-state index is 13.5. The van der Waals surface area contributed by atoms with Gasteiger partial charge in [0.15, 0.2) is 11.6 Å². The Morgan fingerprint density at radius 2 is 2.11 bits per heavy atom. The quantitative estimate of drug-likeness (QED) is 0.864. The van der Waals surface area contributed by atoms with Crippen LogP contribution in [0.2, 0.25) is 0 Å². The Morgan fingerprint density at radius 3 is 2.72 bits per heavy atom. The third-order valence-corrected chi connectivity index (χ3v) is 3.95. The van der Waals surface area contributed by atoms with Gasteiger partial charge in [-0.1, -0.05) is 18.9 Å². The Kier molecular flexibility index (Phi) is 4.59. The summed E-state index contributed by atoms with van der Waals surface area (Å²) in [6.45, 7) is 2.95. The second-order valence-corrected chi connectivity index (χ2v) is 5.18. The lowest BCUT2D eigenvalue weighted by atomic mass is 9.99. The molecule has 0 aliphatic heterocycles. The molecule has 0 bridgehead atoms. The number of nitrogens with one attached hydrogen (secondary N) is 1. The van der Waals surface area contributed by atoms with Crippen LogP contribution in [0.4, 0.5) is 4.39 Å². The maximum absolute atomic E-state index is 13.5. The lowest BCUT2D eigenvalue weighted by Crippen LogP contribution is -2.31. The van der Waals surface area contributed by atoms with E-state index in [1.54, 1.807) is 12.1 Å². The van der Waals surface area contributed by atoms with E-state index in [4.69, 9.17) is 4.74 Å². The van der Waals surface area contributed by atoms with E-state index in [0.29, 0.717) is 11.8 Å². The first-order chi connectivity index (χ1) is 8.70. The first-order valence-corrected chi connectivity index (χ1v) is 6.76. The van der Waals surface area contributed by atoms with Gasteiger partial charge in [0.1, 0.15) is 0 Å². The van der Waals surface area contributed by atoms with Gasteiger partial charge in [0.2, 0.25) is 0 Å². The van der Waals surface area contributed by atoms with Crippen LogP contribution >= 0.6 is 0 Å². The summed E-state index contributed by atoms with van der Waals surface area (Å²) in [5.74, 6) is 0.806. The highest BCUT2D eigenvalue weighted by Gasteiger charge is 2.20. The monoisotopic (exact) mass is 251 g/mol. The summed E-state index contributed by atoms with van der Waals surface area (Å²) >= 11 is 0. The standard InChI is InChI=1S/C15H22FNO/c1-11(13-5-3-4-6-13)17-10-12-7-8-15(18-2)14(16)9-12/h7-9,11,13,17H,3-6,10H2,1-2H3. The first kappa shape index (κ1) is 13.3. The third-order valence-electron chi connectivity index (χ3n) is 3.95. The summed E-state index contributed by atoms with van der Waals surface area (Å²) in [6.07, 6.45) is 5.36. The summed E-state index contributed by atoms with van der Waals surface area (Å²) in [6, 6.07) is 5.66. The molecule has 100 valence electrons. The zero-order valence-electron chi connectivity index (χ0n) is 11.2. The lowest BCUT2D eigenvalue weighted by Gasteiger charge is -2.20. The molecular weight excluding hydrogens is 229 g/mol. The number of halogens is 1. The van der Waals surface area contributed by atoms with E-state index in [0.717, 1.165) is 18.0 Å². The summed E-state index contributed by atoms with van der Waals surface area (Å²) in [5.41, 5.74) is 0.971. The van der Waals surface area contributed by atoms with Gasteiger partial charge in [-0.25, -0.2) is 4.39 Å². The Balaban J connectivity index is 1.87. The van der Waals surface area contributed by atoms with Crippen LogP contribution in [0.25, 0.3) is 0 Å². The van der Waals surface area contributed by atoms with E-state index in [2.05, 4.69) is 12.2 Å². The van der Waals surface area contributed by atoms with Crippen molar-refractivity contribution in [1.29, 1.82) is 0 Å². The van der Waals surface area contributed by atoms with Crippen LogP contribution < -0.4 is 10.1 Å². The molecule has 1 aromatic carbocycles. The molecule has 1 aliphatic rings. The number of hydrogen-bond acceptors (Lipinski definition) is 2. The normalized spacial score (nSPS) is 17.9. The van der Waals surface area contributed by atoms with E-state index in [1.165, 1.54) is 32.8 Å². The van der Waals surface area contributed by atoms with E-state index in [1.807, 2.05) is 6.07 Å². The zero-order chi connectivity index (χ0) is 13.0. The topological polar surface area (TPSA) is 21.3 Å². The van der Waals surface area contributed by atoms with E-state index < -0.39 is 0 Å². The van der Waals surface area contributed by atoms with E-state index in [9.17, 15) is 4.39 Å². The molecule has 1 aromatic rings. The molecule has 1 saturated carbocycles. The SMILES string of the molecule is COc1ccc(CNC(C)C2CCCC2)cc1F. The first-order valence-electron chi connectivity index (χ1n) is 6.76. The van der Waals surface area contributed by atoms with Gasteiger partial charge >= 0.3 is 0 Å². The Labute approximate surface area is 109 Å². The van der Waals surface area contributed by atoms with Crippen molar-refractivity contribution in [2.75, 3.05) is 7.11 Å². The van der Waals surface area contributed by atoms with Gasteiger partial charge in [-0.3, -0.25) is 0 Å². The predicted molar refractivity (Wildman–Crippen MR) is 71.2 cm³/mol. The Hall–Kier alpha value is -1.09. The molecule has 1 atom stereocenters. The van der Waals surface area contributed by atoms with Crippen LogP contribution in [-0.4, -0.2) is 13.2 Å². The molecule has 1 aliphatic carbocycles. The highest BCUT2D eigenvalue weighted by Crippen LogP contribution is 2.27. The van der Waals surface area contributed by atoms with Crippen molar-refractivity contribution in [3.63, 3.8) is 0 Å². The van der Waals surface area contributed by atoms with Crippen molar-refractivity contribution in [1.82, 2.24) is 5.32 Å². The van der Waals surface area contributed by atoms with Crippen LogP contribution in [0.3, 0.4) is 0 Å². The third kappa shape index (κ3) is 3.22. The second kappa shape index (κ2) is 6.19. The van der Waals surface area contributed by atoms with Crippen LogP contribution in [0, 0.1) is 11.7 Å². The summed E-state index contributed by atoms with van der Waals surface area (Å²) in [7, 11) is 1.48. The molecule has 0 amide bonds. The fraction of sp³-hybridized carbons (Fsp3) is 0.600. The smallest absolute Gasteiger partial charge is 0.165 e. The van der Waals surface area contributed by atoms with Crippen molar-refractivity contribution >= 4 is 0 Å². The summed E-state index contributed by atoms with van der Waals surface area (Å²) in [4.78, 5) is 0. The number of hydrogen-bond donors (Lipinski definition) is 1. The fourth-order valence-corrected chi connectivity index (χ4v) is 2.72. The van der Waals surface area contributed by atoms with Gasteiger partial charge in [0.25, 0.3) is 0 Å². The maximum Gasteiger partial charge on any atom is 0.165 e. The minimum atomic E-state index is -0.287. The number of benzene rings is 1. The number of methoxy groups -OCH3 is 1. The van der Waals surface area contributed by atoms with Gasteiger partial charge in [-0.15, -0.1) is 0 Å². The molecule has 2 rings (SSSR count). The average molecular weight is 251 g/mol. The van der Waals surface area contributed by atoms with Crippen LogP contribution in [-0.2, 0) is 6.54 Å². The Bertz CT molecular complexity index is 388. The van der Waals surface area contributed by atoms with Crippen molar-refractivity contribution in [2.45, 2.75) is 45.2 Å². The van der Waals surface area contributed by atoms with Crippen LogP contribution in [0.15, 0.2) is 18.2 Å². The average Bonchev–Trinajstić information content (AvgIpc) is 2.90. The second-order valence-electron chi connectivity index (χ2n) is 5.18. The molecule has 3 heteroatoms. The minimum Gasteiger partial charge on any atom is -0.494 e. The largest absolute Gasteiger partial charge is 0.494 e. The molecule has 1 fully saturated rings. The van der Waals surface area contributed by atoms with Gasteiger partial charge in [0, 0.05) is 12.6 Å². The molecule has 0 radical (unpaired) electrons. The van der Waals surface area contributed by atoms with Crippen LogP contribution in [0.5, 0.6) is 5.75 Å². The zero-order valence-corrected chi connectivity index (χ0v) is 11.2. The highest BCUT2D eigenvalue weighted by molar-refractivity contribution is 5.29. The molecule has 1 unspecified atom stereocenters. The molecule has 0 aromatic heterocycles. The van der Waals surface area contributed by atoms with Gasteiger partial charge in [-0.2, -0.15) is 0 Å². The summed E-state index contributed by atoms with van der Waals surface area (Å²) in [5, 5.41) is 3.50. The van der Waals surface area contributed by atoms with Gasteiger partial charge in [-0.05, 0) is 43.4 Å². The van der Waals surface area contributed by atoms with Gasteiger partial charge < -0.3 is 10.1 Å². The highest BCUT2D eigenvalue weighted by atomic mass is 19.1. The van der Waals surface area contributed by atoms with Crippen molar-refractivity contribution in [3.8, 4) is 5.75 Å². The molecule has 18 heavy (non-hydrogen) atoms. The molecule has 0 heterocycles. The predicted octanol–water partition coefficient (Wildman–Crippen LogP) is 3.50. The van der Waals surface area contributed by atoms with Crippen LogP contribution in [0.1, 0.15) is 38.2 Å². The van der Waals surface area contributed by atoms with Crippen molar-refractivity contribution in [3.05, 3.63) is 29.6 Å². The molecule has 0 saturated heterocycles. The van der Waals surface area contributed by atoms with E-state index in [-0.39, 0.29) is 5.82 Å². The number of ether oxygens (including phenoxy) is 1. The molecular formula is C15H22FNO. The van der Waals surface area contributed by atoms with Gasteiger partial charge in [0.05, 0.1) is 7.11 Å².